The number of benzene rings is 2. The maximum atomic E-state index is 13.2. The first-order valence-electron chi connectivity index (χ1n) is 8.13. The topological polar surface area (TPSA) is 34.9 Å². The van der Waals surface area contributed by atoms with Crippen LogP contribution in [-0.4, -0.2) is 9.55 Å². The fourth-order valence-corrected chi connectivity index (χ4v) is 4.71. The second-order valence-corrected chi connectivity index (χ2v) is 8.55. The van der Waals surface area contributed by atoms with Gasteiger partial charge in [-0.25, -0.2) is 4.98 Å². The van der Waals surface area contributed by atoms with E-state index < -0.39 is 0 Å². The molecule has 0 aliphatic heterocycles. The van der Waals surface area contributed by atoms with Crippen LogP contribution in [0.2, 0.25) is 15.1 Å². The van der Waals surface area contributed by atoms with Gasteiger partial charge in [0.25, 0.3) is 5.56 Å². The zero-order valence-electron chi connectivity index (χ0n) is 14.2. The van der Waals surface area contributed by atoms with E-state index >= 15 is 0 Å². The van der Waals surface area contributed by atoms with Gasteiger partial charge in [0.15, 0.2) is 0 Å². The lowest BCUT2D eigenvalue weighted by atomic mass is 10.0. The first-order chi connectivity index (χ1) is 13.0. The Morgan fingerprint density at radius 3 is 2.37 bits per heavy atom. The van der Waals surface area contributed by atoms with Crippen LogP contribution in [-0.2, 0) is 6.54 Å². The molecule has 0 saturated carbocycles. The summed E-state index contributed by atoms with van der Waals surface area (Å²) >= 11 is 20.0. The molecule has 2 aromatic carbocycles. The van der Waals surface area contributed by atoms with Crippen molar-refractivity contribution in [2.45, 2.75) is 13.5 Å². The van der Waals surface area contributed by atoms with Crippen LogP contribution in [0.4, 0.5) is 0 Å². The largest absolute Gasteiger partial charge is 0.294 e. The summed E-state index contributed by atoms with van der Waals surface area (Å²) < 4.78 is 1.54. The van der Waals surface area contributed by atoms with Crippen LogP contribution in [0.15, 0.2) is 53.6 Å². The van der Waals surface area contributed by atoms with E-state index in [1.54, 1.807) is 29.1 Å². The van der Waals surface area contributed by atoms with Gasteiger partial charge in [0, 0.05) is 31.1 Å². The third-order valence-corrected chi connectivity index (χ3v) is 6.35. The van der Waals surface area contributed by atoms with Gasteiger partial charge in [-0.3, -0.25) is 9.36 Å². The van der Waals surface area contributed by atoms with Gasteiger partial charge in [0.05, 0.1) is 18.3 Å². The molecule has 0 aliphatic carbocycles. The molecule has 0 aliphatic rings. The summed E-state index contributed by atoms with van der Waals surface area (Å²) in [6, 6.07) is 12.8. The van der Waals surface area contributed by atoms with Crippen LogP contribution in [0.5, 0.6) is 0 Å². The van der Waals surface area contributed by atoms with Crippen molar-refractivity contribution in [1.82, 2.24) is 9.55 Å². The molecule has 0 fully saturated rings. The van der Waals surface area contributed by atoms with E-state index in [1.165, 1.54) is 11.3 Å². The zero-order chi connectivity index (χ0) is 19.1. The first kappa shape index (κ1) is 18.5. The number of nitrogens with zero attached hydrogens (tertiary/aromatic N) is 2. The summed E-state index contributed by atoms with van der Waals surface area (Å²) in [6.07, 6.45) is 1.55. The van der Waals surface area contributed by atoms with Crippen LogP contribution in [0.25, 0.3) is 21.3 Å². The highest BCUT2D eigenvalue weighted by molar-refractivity contribution is 7.19. The Bertz CT molecular complexity index is 1190. The summed E-state index contributed by atoms with van der Waals surface area (Å²) in [6.45, 7) is 2.25. The third-order valence-electron chi connectivity index (χ3n) is 4.38. The first-order valence-corrected chi connectivity index (χ1v) is 10.1. The Balaban J connectivity index is 1.90. The quantitative estimate of drug-likeness (QED) is 0.371. The number of thiophene rings is 1. The molecule has 0 amide bonds. The summed E-state index contributed by atoms with van der Waals surface area (Å²) in [4.78, 5) is 19.5. The number of aryl methyl sites for hydroxylation is 1. The molecule has 3 nitrogen and oxygen atoms in total. The fraction of sp³-hybridized carbons (Fsp3) is 0.100. The molecule has 2 heterocycles. The van der Waals surface area contributed by atoms with Gasteiger partial charge in [0.1, 0.15) is 4.83 Å². The van der Waals surface area contributed by atoms with Gasteiger partial charge in [0.2, 0.25) is 0 Å². The van der Waals surface area contributed by atoms with Gasteiger partial charge in [-0.2, -0.15) is 0 Å². The van der Waals surface area contributed by atoms with Crippen LogP contribution in [0.3, 0.4) is 0 Å². The number of hydrogen-bond donors (Lipinski definition) is 0. The Kier molecular flexibility index (Phi) is 4.99. The lowest BCUT2D eigenvalue weighted by molar-refractivity contribution is 0.750. The molecule has 2 aromatic heterocycles. The molecule has 7 heteroatoms. The molecular weight excluding hydrogens is 423 g/mol. The predicted molar refractivity (Wildman–Crippen MR) is 115 cm³/mol. The van der Waals surface area contributed by atoms with E-state index in [9.17, 15) is 4.79 Å². The Morgan fingerprint density at radius 2 is 1.70 bits per heavy atom. The molecule has 4 aromatic rings. The van der Waals surface area contributed by atoms with Crippen molar-refractivity contribution in [3.8, 4) is 11.1 Å². The molecule has 0 atom stereocenters. The van der Waals surface area contributed by atoms with Crippen molar-refractivity contribution >= 4 is 56.4 Å². The van der Waals surface area contributed by atoms with Crippen molar-refractivity contribution in [2.24, 2.45) is 0 Å². The average Bonchev–Trinajstić information content (AvgIpc) is 2.98. The number of fused-ring (bicyclic) bond motifs is 1. The summed E-state index contributed by atoms with van der Waals surface area (Å²) in [5.74, 6) is 0. The van der Waals surface area contributed by atoms with Crippen LogP contribution in [0.1, 0.15) is 10.4 Å². The minimum Gasteiger partial charge on any atom is -0.294 e. The van der Waals surface area contributed by atoms with Gasteiger partial charge in [-0.05, 0) is 36.8 Å². The standard InChI is InChI=1S/C20H13Cl3N2OS/c1-11-17(12-5-7-13(21)8-6-12)18-19(27-11)24-10-25(20(18)26)9-14-15(22)3-2-4-16(14)23/h2-8,10H,9H2,1H3. The Labute approximate surface area is 174 Å². The highest BCUT2D eigenvalue weighted by atomic mass is 35.5. The van der Waals surface area contributed by atoms with E-state index in [0.717, 1.165) is 16.0 Å². The smallest absolute Gasteiger partial charge is 0.263 e. The second-order valence-electron chi connectivity index (χ2n) is 6.10. The molecule has 0 radical (unpaired) electrons. The van der Waals surface area contributed by atoms with Crippen molar-refractivity contribution in [3.63, 3.8) is 0 Å². The van der Waals surface area contributed by atoms with E-state index in [2.05, 4.69) is 4.98 Å². The van der Waals surface area contributed by atoms with Crippen molar-refractivity contribution in [1.29, 1.82) is 0 Å². The van der Waals surface area contributed by atoms with Crippen molar-refractivity contribution in [2.75, 3.05) is 0 Å². The molecule has 136 valence electrons. The van der Waals surface area contributed by atoms with Gasteiger partial charge < -0.3 is 0 Å². The number of rotatable bonds is 3. The monoisotopic (exact) mass is 434 g/mol. The van der Waals surface area contributed by atoms with Crippen LogP contribution < -0.4 is 5.56 Å². The predicted octanol–water partition coefficient (Wildman–Crippen LogP) is 6.44. The second kappa shape index (κ2) is 7.28. The van der Waals surface area contributed by atoms with Gasteiger partial charge in [-0.15, -0.1) is 11.3 Å². The zero-order valence-corrected chi connectivity index (χ0v) is 17.3. The lowest BCUT2D eigenvalue weighted by Crippen LogP contribution is -2.21. The summed E-state index contributed by atoms with van der Waals surface area (Å²) in [7, 11) is 0. The number of halogens is 3. The summed E-state index contributed by atoms with van der Waals surface area (Å²) in [5.41, 5.74) is 2.41. The SMILES string of the molecule is Cc1sc2ncn(Cc3c(Cl)cccc3Cl)c(=O)c2c1-c1ccc(Cl)cc1. The molecule has 0 spiro atoms. The molecular formula is C20H13Cl3N2OS. The van der Waals surface area contributed by atoms with Gasteiger partial charge in [-0.1, -0.05) is 53.0 Å². The van der Waals surface area contributed by atoms with Crippen molar-refractivity contribution in [3.05, 3.63) is 84.7 Å². The molecule has 4 rings (SSSR count). The molecule has 0 N–H and O–H groups in total. The fourth-order valence-electron chi connectivity index (χ4n) is 3.07. The number of hydrogen-bond acceptors (Lipinski definition) is 3. The maximum Gasteiger partial charge on any atom is 0.263 e. The van der Waals surface area contributed by atoms with E-state index in [0.29, 0.717) is 30.8 Å². The Morgan fingerprint density at radius 1 is 1.04 bits per heavy atom. The van der Waals surface area contributed by atoms with E-state index in [-0.39, 0.29) is 12.1 Å². The van der Waals surface area contributed by atoms with Crippen LogP contribution in [0, 0.1) is 6.92 Å². The highest BCUT2D eigenvalue weighted by Gasteiger charge is 2.18. The third kappa shape index (κ3) is 3.39. The van der Waals surface area contributed by atoms with Crippen molar-refractivity contribution < 1.29 is 0 Å². The maximum absolute atomic E-state index is 13.2. The molecule has 0 bridgehead atoms. The minimum absolute atomic E-state index is 0.120. The molecule has 0 unspecified atom stereocenters. The Hall–Kier alpha value is -1.85. The van der Waals surface area contributed by atoms with Gasteiger partial charge >= 0.3 is 0 Å². The molecule has 0 saturated heterocycles. The van der Waals surface area contributed by atoms with E-state index in [4.69, 9.17) is 34.8 Å². The van der Waals surface area contributed by atoms with E-state index in [1.807, 2.05) is 31.2 Å². The highest BCUT2D eigenvalue weighted by Crippen LogP contribution is 2.36. The average molecular weight is 436 g/mol. The normalized spacial score (nSPS) is 11.3. The lowest BCUT2D eigenvalue weighted by Gasteiger charge is -2.10. The minimum atomic E-state index is -0.120. The molecule has 27 heavy (non-hydrogen) atoms. The van der Waals surface area contributed by atoms with Crippen LogP contribution >= 0.6 is 46.1 Å². The summed E-state index contributed by atoms with van der Waals surface area (Å²) in [5, 5.41) is 2.30. The number of aromatic nitrogens is 2.